The molecule has 0 spiro atoms. The zero-order valence-corrected chi connectivity index (χ0v) is 14.4. The molecule has 0 radical (unpaired) electrons. The number of nitrogens with one attached hydrogen (secondary N) is 1. The highest BCUT2D eigenvalue weighted by Gasteiger charge is 2.18. The Hall–Kier alpha value is -3.74. The van der Waals surface area contributed by atoms with Crippen molar-refractivity contribution < 1.29 is 4.39 Å². The van der Waals surface area contributed by atoms with Crippen molar-refractivity contribution in [3.05, 3.63) is 66.4 Å². The third-order valence-corrected chi connectivity index (χ3v) is 4.68. The van der Waals surface area contributed by atoms with Crippen molar-refractivity contribution in [1.29, 1.82) is 0 Å². The number of halogens is 1. The van der Waals surface area contributed by atoms with Crippen LogP contribution in [0, 0.1) is 12.7 Å². The first-order valence-corrected chi connectivity index (χ1v) is 8.44. The predicted octanol–water partition coefficient (Wildman–Crippen LogP) is 3.97. The fourth-order valence-corrected chi connectivity index (χ4v) is 3.50. The standard InChI is InChI=1S/C20H15FN6/c1-11-7-13(8-14-10-24-26-16(11)14)18-17(12-3-2-4-15(21)9-12)25-19(22)20-23-5-6-27(18)20/h2-10H,1H3,(H2,22,25)(H,24,26). The normalized spacial score (nSPS) is 11.5. The van der Waals surface area contributed by atoms with E-state index in [0.717, 1.165) is 27.7 Å². The highest BCUT2D eigenvalue weighted by Crippen LogP contribution is 2.35. The zero-order valence-electron chi connectivity index (χ0n) is 14.4. The van der Waals surface area contributed by atoms with Crippen LogP contribution in [0.15, 0.2) is 55.0 Å². The minimum absolute atomic E-state index is 0.295. The molecule has 0 saturated carbocycles. The van der Waals surface area contributed by atoms with Gasteiger partial charge in [0.1, 0.15) is 5.82 Å². The van der Waals surface area contributed by atoms with Crippen LogP contribution in [0.2, 0.25) is 0 Å². The van der Waals surface area contributed by atoms with Gasteiger partial charge in [0.05, 0.1) is 23.1 Å². The summed E-state index contributed by atoms with van der Waals surface area (Å²) < 4.78 is 15.8. The first kappa shape index (κ1) is 15.5. The van der Waals surface area contributed by atoms with E-state index in [9.17, 15) is 4.39 Å². The average molecular weight is 358 g/mol. The Labute approximate surface area is 153 Å². The molecular weight excluding hydrogens is 343 g/mol. The zero-order chi connectivity index (χ0) is 18.5. The maximum atomic E-state index is 13.9. The van der Waals surface area contributed by atoms with Crippen LogP contribution in [-0.2, 0) is 0 Å². The van der Waals surface area contributed by atoms with Crippen LogP contribution in [0.4, 0.5) is 10.2 Å². The molecule has 0 aliphatic heterocycles. The minimum atomic E-state index is -0.328. The number of fused-ring (bicyclic) bond motifs is 2. The Morgan fingerprint density at radius 2 is 2.04 bits per heavy atom. The molecule has 0 saturated heterocycles. The van der Waals surface area contributed by atoms with Crippen molar-refractivity contribution in [2.45, 2.75) is 6.92 Å². The minimum Gasteiger partial charge on any atom is -0.381 e. The van der Waals surface area contributed by atoms with Gasteiger partial charge >= 0.3 is 0 Å². The number of aromatic amines is 1. The second-order valence-corrected chi connectivity index (χ2v) is 6.45. The van der Waals surface area contributed by atoms with Gasteiger partial charge in [-0.05, 0) is 36.8 Å². The molecule has 0 unspecified atom stereocenters. The number of H-pyrrole nitrogens is 1. The molecule has 7 heteroatoms. The van der Waals surface area contributed by atoms with E-state index >= 15 is 0 Å². The number of rotatable bonds is 2. The van der Waals surface area contributed by atoms with Gasteiger partial charge < -0.3 is 5.73 Å². The first-order valence-electron chi connectivity index (χ1n) is 8.44. The summed E-state index contributed by atoms with van der Waals surface area (Å²) >= 11 is 0. The Morgan fingerprint density at radius 1 is 1.15 bits per heavy atom. The van der Waals surface area contributed by atoms with E-state index in [0.29, 0.717) is 22.7 Å². The number of benzene rings is 2. The average Bonchev–Trinajstić information content (AvgIpc) is 3.31. The van der Waals surface area contributed by atoms with Crippen LogP contribution >= 0.6 is 0 Å². The molecule has 6 nitrogen and oxygen atoms in total. The highest BCUT2D eigenvalue weighted by atomic mass is 19.1. The van der Waals surface area contributed by atoms with Gasteiger partial charge in [0.2, 0.25) is 0 Å². The van der Waals surface area contributed by atoms with Crippen LogP contribution < -0.4 is 5.73 Å². The summed E-state index contributed by atoms with van der Waals surface area (Å²) in [7, 11) is 0. The summed E-state index contributed by atoms with van der Waals surface area (Å²) in [5.41, 5.74) is 11.7. The van der Waals surface area contributed by atoms with Gasteiger partial charge in [0.15, 0.2) is 11.5 Å². The molecule has 132 valence electrons. The highest BCUT2D eigenvalue weighted by molar-refractivity contribution is 5.90. The second-order valence-electron chi connectivity index (χ2n) is 6.45. The molecule has 0 atom stereocenters. The van der Waals surface area contributed by atoms with Crippen molar-refractivity contribution in [3.8, 4) is 22.5 Å². The number of nitrogens with zero attached hydrogens (tertiary/aromatic N) is 4. The van der Waals surface area contributed by atoms with E-state index in [1.807, 2.05) is 29.7 Å². The number of hydrogen-bond acceptors (Lipinski definition) is 4. The molecular formula is C20H15FN6. The van der Waals surface area contributed by atoms with Crippen LogP contribution in [-0.4, -0.2) is 24.6 Å². The maximum Gasteiger partial charge on any atom is 0.180 e. The molecule has 27 heavy (non-hydrogen) atoms. The van der Waals surface area contributed by atoms with Gasteiger partial charge in [0, 0.05) is 28.9 Å². The fraction of sp³-hybridized carbons (Fsp3) is 0.0500. The third kappa shape index (κ3) is 2.36. The first-order chi connectivity index (χ1) is 13.1. The van der Waals surface area contributed by atoms with Crippen LogP contribution in [0.3, 0.4) is 0 Å². The van der Waals surface area contributed by atoms with Crippen LogP contribution in [0.25, 0.3) is 39.1 Å². The SMILES string of the molecule is Cc1cc(-c2c(-c3cccc(F)c3)nc(N)c3nccn23)cc2cn[nH]c12. The lowest BCUT2D eigenvalue weighted by Gasteiger charge is -2.14. The molecule has 3 N–H and O–H groups in total. The van der Waals surface area contributed by atoms with Gasteiger partial charge in [-0.25, -0.2) is 14.4 Å². The van der Waals surface area contributed by atoms with E-state index in [2.05, 4.69) is 26.2 Å². The number of nitrogens with two attached hydrogens (primary N) is 1. The molecule has 0 bridgehead atoms. The molecule has 3 aromatic heterocycles. The Balaban J connectivity index is 1.90. The quantitative estimate of drug-likeness (QED) is 0.500. The van der Waals surface area contributed by atoms with Crippen molar-refractivity contribution in [2.24, 2.45) is 0 Å². The van der Waals surface area contributed by atoms with Crippen LogP contribution in [0.1, 0.15) is 5.56 Å². The van der Waals surface area contributed by atoms with E-state index in [-0.39, 0.29) is 5.82 Å². The van der Waals surface area contributed by atoms with Gasteiger partial charge in [0.25, 0.3) is 0 Å². The molecule has 0 fully saturated rings. The van der Waals surface area contributed by atoms with Crippen molar-refractivity contribution in [1.82, 2.24) is 24.6 Å². The van der Waals surface area contributed by atoms with E-state index in [1.54, 1.807) is 18.5 Å². The number of aromatic nitrogens is 5. The van der Waals surface area contributed by atoms with E-state index in [1.165, 1.54) is 12.1 Å². The second kappa shape index (κ2) is 5.63. The van der Waals surface area contributed by atoms with E-state index < -0.39 is 0 Å². The molecule has 3 heterocycles. The largest absolute Gasteiger partial charge is 0.381 e. The predicted molar refractivity (Wildman–Crippen MR) is 103 cm³/mol. The number of aryl methyl sites for hydroxylation is 1. The van der Waals surface area contributed by atoms with Gasteiger partial charge in [-0.2, -0.15) is 5.10 Å². The van der Waals surface area contributed by atoms with Gasteiger partial charge in [-0.3, -0.25) is 9.50 Å². The lowest BCUT2D eigenvalue weighted by Crippen LogP contribution is -2.04. The summed E-state index contributed by atoms with van der Waals surface area (Å²) in [4.78, 5) is 8.88. The molecule has 0 aliphatic carbocycles. The Kier molecular flexibility index (Phi) is 3.24. The third-order valence-electron chi connectivity index (χ3n) is 4.68. The van der Waals surface area contributed by atoms with Crippen LogP contribution in [0.5, 0.6) is 0 Å². The fourth-order valence-electron chi connectivity index (χ4n) is 3.50. The summed E-state index contributed by atoms with van der Waals surface area (Å²) in [6.07, 6.45) is 5.29. The lowest BCUT2D eigenvalue weighted by molar-refractivity contribution is 0.628. The summed E-state index contributed by atoms with van der Waals surface area (Å²) in [6.45, 7) is 2.02. The van der Waals surface area contributed by atoms with E-state index in [4.69, 9.17) is 5.73 Å². The maximum absolute atomic E-state index is 13.9. The van der Waals surface area contributed by atoms with Gasteiger partial charge in [-0.15, -0.1) is 0 Å². The summed E-state index contributed by atoms with van der Waals surface area (Å²) in [5, 5.41) is 8.12. The van der Waals surface area contributed by atoms with Crippen molar-refractivity contribution >= 4 is 22.4 Å². The molecule has 5 rings (SSSR count). The van der Waals surface area contributed by atoms with Gasteiger partial charge in [-0.1, -0.05) is 12.1 Å². The number of hydrogen-bond donors (Lipinski definition) is 2. The van der Waals surface area contributed by atoms with Crippen molar-refractivity contribution in [3.63, 3.8) is 0 Å². The molecule has 0 amide bonds. The number of imidazole rings is 1. The number of anilines is 1. The Bertz CT molecular complexity index is 1320. The summed E-state index contributed by atoms with van der Waals surface area (Å²) in [6, 6.07) is 10.4. The molecule has 2 aromatic carbocycles. The lowest BCUT2D eigenvalue weighted by atomic mass is 10.0. The topological polar surface area (TPSA) is 84.9 Å². The number of nitrogen functional groups attached to an aromatic ring is 1. The summed E-state index contributed by atoms with van der Waals surface area (Å²) in [5.74, 6) is -0.0323. The molecule has 5 aromatic rings. The smallest absolute Gasteiger partial charge is 0.180 e. The monoisotopic (exact) mass is 358 g/mol. The van der Waals surface area contributed by atoms with Crippen molar-refractivity contribution in [2.75, 3.05) is 5.73 Å². The molecule has 0 aliphatic rings. The Morgan fingerprint density at radius 3 is 2.89 bits per heavy atom.